The van der Waals surface area contributed by atoms with E-state index in [1.807, 2.05) is 28.8 Å². The molecule has 2 aromatic rings. The van der Waals surface area contributed by atoms with E-state index in [9.17, 15) is 0 Å². The van der Waals surface area contributed by atoms with Crippen LogP contribution in [0.25, 0.3) is 11.7 Å². The number of fused-ring (bicyclic) bond motifs is 1. The van der Waals surface area contributed by atoms with Gasteiger partial charge >= 0.3 is 0 Å². The standard InChI is InChI=1S/C15H20ClN3/c1-11(2)9-17-10-12(3)8-13-15(16)18-14-6-4-5-7-19(13)14/h4-8,11,17H,9-10H2,1-3H3. The smallest absolute Gasteiger partial charge is 0.155 e. The Labute approximate surface area is 119 Å². The molecule has 2 aromatic heterocycles. The summed E-state index contributed by atoms with van der Waals surface area (Å²) in [5.41, 5.74) is 3.07. The second-order valence-corrected chi connectivity index (χ2v) is 5.59. The van der Waals surface area contributed by atoms with E-state index in [2.05, 4.69) is 37.1 Å². The van der Waals surface area contributed by atoms with Crippen LogP contribution in [0.1, 0.15) is 26.5 Å². The highest BCUT2D eigenvalue weighted by molar-refractivity contribution is 6.31. The number of aromatic nitrogens is 2. The molecule has 0 aliphatic rings. The average molecular weight is 278 g/mol. The van der Waals surface area contributed by atoms with Gasteiger partial charge in [0.15, 0.2) is 5.15 Å². The van der Waals surface area contributed by atoms with Gasteiger partial charge in [0.2, 0.25) is 0 Å². The largest absolute Gasteiger partial charge is 0.313 e. The maximum Gasteiger partial charge on any atom is 0.155 e. The number of halogens is 1. The molecular weight excluding hydrogens is 258 g/mol. The zero-order valence-electron chi connectivity index (χ0n) is 11.7. The maximum absolute atomic E-state index is 6.20. The molecule has 0 fully saturated rings. The zero-order chi connectivity index (χ0) is 13.8. The Kier molecular flexibility index (Phi) is 4.61. The molecule has 0 unspecified atom stereocenters. The van der Waals surface area contributed by atoms with Gasteiger partial charge in [0, 0.05) is 12.7 Å². The molecule has 0 bridgehead atoms. The van der Waals surface area contributed by atoms with Crippen molar-refractivity contribution < 1.29 is 0 Å². The number of rotatable bonds is 5. The molecule has 0 saturated heterocycles. The fraction of sp³-hybridized carbons (Fsp3) is 0.400. The summed E-state index contributed by atoms with van der Waals surface area (Å²) in [6.45, 7) is 8.40. The third kappa shape index (κ3) is 3.58. The lowest BCUT2D eigenvalue weighted by Crippen LogP contribution is -2.21. The van der Waals surface area contributed by atoms with Crippen LogP contribution in [0.2, 0.25) is 5.15 Å². The topological polar surface area (TPSA) is 29.3 Å². The van der Waals surface area contributed by atoms with Crippen molar-refractivity contribution in [3.63, 3.8) is 0 Å². The van der Waals surface area contributed by atoms with Crippen LogP contribution in [0.15, 0.2) is 30.0 Å². The molecule has 2 rings (SSSR count). The highest BCUT2D eigenvalue weighted by atomic mass is 35.5. The van der Waals surface area contributed by atoms with Gasteiger partial charge in [-0.05, 0) is 37.6 Å². The number of nitrogens with one attached hydrogen (secondary N) is 1. The highest BCUT2D eigenvalue weighted by Gasteiger charge is 2.07. The van der Waals surface area contributed by atoms with Crippen LogP contribution < -0.4 is 5.32 Å². The van der Waals surface area contributed by atoms with E-state index in [1.165, 1.54) is 5.57 Å². The first-order valence-electron chi connectivity index (χ1n) is 6.58. The van der Waals surface area contributed by atoms with Crippen molar-refractivity contribution in [3.05, 3.63) is 40.8 Å². The molecular formula is C15H20ClN3. The monoisotopic (exact) mass is 277 g/mol. The molecule has 0 spiro atoms. The summed E-state index contributed by atoms with van der Waals surface area (Å²) in [4.78, 5) is 4.34. The molecule has 0 aromatic carbocycles. The summed E-state index contributed by atoms with van der Waals surface area (Å²) in [7, 11) is 0. The molecule has 102 valence electrons. The minimum atomic E-state index is 0.550. The van der Waals surface area contributed by atoms with Gasteiger partial charge in [0.1, 0.15) is 5.65 Å². The minimum absolute atomic E-state index is 0.550. The normalized spacial score (nSPS) is 12.6. The second kappa shape index (κ2) is 6.22. The van der Waals surface area contributed by atoms with Gasteiger partial charge in [-0.25, -0.2) is 4.98 Å². The molecule has 1 N–H and O–H groups in total. The molecule has 0 atom stereocenters. The van der Waals surface area contributed by atoms with Crippen LogP contribution in [0, 0.1) is 5.92 Å². The summed E-state index contributed by atoms with van der Waals surface area (Å²) < 4.78 is 2.01. The van der Waals surface area contributed by atoms with Gasteiger partial charge in [-0.15, -0.1) is 0 Å². The quantitative estimate of drug-likeness (QED) is 0.904. The van der Waals surface area contributed by atoms with E-state index in [4.69, 9.17) is 11.6 Å². The number of pyridine rings is 1. The van der Waals surface area contributed by atoms with E-state index >= 15 is 0 Å². The molecule has 0 radical (unpaired) electrons. The number of nitrogens with zero attached hydrogens (tertiary/aromatic N) is 2. The summed E-state index contributed by atoms with van der Waals surface area (Å²) >= 11 is 6.20. The van der Waals surface area contributed by atoms with Crippen molar-refractivity contribution in [2.45, 2.75) is 20.8 Å². The third-order valence-corrected chi connectivity index (χ3v) is 3.14. The fourth-order valence-corrected chi connectivity index (χ4v) is 2.19. The molecule has 0 saturated carbocycles. The van der Waals surface area contributed by atoms with E-state index < -0.39 is 0 Å². The first kappa shape index (κ1) is 14.1. The zero-order valence-corrected chi connectivity index (χ0v) is 12.4. The molecule has 3 nitrogen and oxygen atoms in total. The summed E-state index contributed by atoms with van der Waals surface area (Å²) in [6.07, 6.45) is 4.07. The Bertz CT molecular complexity index is 584. The number of imidazole rings is 1. The van der Waals surface area contributed by atoms with Crippen molar-refractivity contribution in [2.24, 2.45) is 5.92 Å². The lowest BCUT2D eigenvalue weighted by molar-refractivity contribution is 0.572. The van der Waals surface area contributed by atoms with Gasteiger partial charge < -0.3 is 5.32 Å². The van der Waals surface area contributed by atoms with Crippen LogP contribution in [0.3, 0.4) is 0 Å². The fourth-order valence-electron chi connectivity index (χ4n) is 1.96. The van der Waals surface area contributed by atoms with Crippen LogP contribution >= 0.6 is 11.6 Å². The molecule has 2 heterocycles. The van der Waals surface area contributed by atoms with Crippen LogP contribution in [0.5, 0.6) is 0 Å². The summed E-state index contributed by atoms with van der Waals surface area (Å²) in [5.74, 6) is 0.659. The third-order valence-electron chi connectivity index (χ3n) is 2.86. The van der Waals surface area contributed by atoms with Crippen molar-refractivity contribution >= 4 is 23.3 Å². The van der Waals surface area contributed by atoms with Gasteiger partial charge in [-0.2, -0.15) is 0 Å². The van der Waals surface area contributed by atoms with Gasteiger partial charge in [-0.3, -0.25) is 4.40 Å². The van der Waals surface area contributed by atoms with Crippen LogP contribution in [0.4, 0.5) is 0 Å². The molecule has 0 aliphatic heterocycles. The molecule has 0 amide bonds. The van der Waals surface area contributed by atoms with Gasteiger partial charge in [0.25, 0.3) is 0 Å². The van der Waals surface area contributed by atoms with Crippen LogP contribution in [-0.2, 0) is 0 Å². The molecule has 4 heteroatoms. The number of hydrogen-bond donors (Lipinski definition) is 1. The predicted molar refractivity (Wildman–Crippen MR) is 81.6 cm³/mol. The Hall–Kier alpha value is -1.32. The lowest BCUT2D eigenvalue weighted by Gasteiger charge is -2.07. The maximum atomic E-state index is 6.20. The van der Waals surface area contributed by atoms with E-state index in [0.29, 0.717) is 11.1 Å². The Morgan fingerprint density at radius 3 is 3.00 bits per heavy atom. The first-order valence-corrected chi connectivity index (χ1v) is 6.96. The lowest BCUT2D eigenvalue weighted by atomic mass is 10.2. The van der Waals surface area contributed by atoms with E-state index in [-0.39, 0.29) is 0 Å². The highest BCUT2D eigenvalue weighted by Crippen LogP contribution is 2.20. The van der Waals surface area contributed by atoms with Crippen molar-refractivity contribution in [1.29, 1.82) is 0 Å². The van der Waals surface area contributed by atoms with E-state index in [0.717, 1.165) is 24.4 Å². The molecule has 0 aliphatic carbocycles. The second-order valence-electron chi connectivity index (χ2n) is 5.23. The molecule has 19 heavy (non-hydrogen) atoms. The van der Waals surface area contributed by atoms with Crippen molar-refractivity contribution in [2.75, 3.05) is 13.1 Å². The predicted octanol–water partition coefficient (Wildman–Crippen LogP) is 3.64. The summed E-state index contributed by atoms with van der Waals surface area (Å²) in [6, 6.07) is 5.90. The number of hydrogen-bond acceptors (Lipinski definition) is 2. The van der Waals surface area contributed by atoms with E-state index in [1.54, 1.807) is 0 Å². The van der Waals surface area contributed by atoms with Gasteiger partial charge in [-0.1, -0.05) is 37.1 Å². The van der Waals surface area contributed by atoms with Crippen LogP contribution in [-0.4, -0.2) is 22.5 Å². The van der Waals surface area contributed by atoms with Crippen molar-refractivity contribution in [1.82, 2.24) is 14.7 Å². The van der Waals surface area contributed by atoms with Crippen molar-refractivity contribution in [3.8, 4) is 0 Å². The van der Waals surface area contributed by atoms with Gasteiger partial charge in [0.05, 0.1) is 5.69 Å². The SMILES string of the molecule is CC(=Cc1c(Cl)nc2ccccn12)CNCC(C)C. The Morgan fingerprint density at radius 1 is 1.47 bits per heavy atom. The average Bonchev–Trinajstić information content (AvgIpc) is 2.66. The Morgan fingerprint density at radius 2 is 2.26 bits per heavy atom. The first-order chi connectivity index (χ1) is 9.08. The summed E-state index contributed by atoms with van der Waals surface area (Å²) in [5, 5.41) is 3.97. The Balaban J connectivity index is 2.17. The minimum Gasteiger partial charge on any atom is -0.313 e.